The molecule has 0 aromatic heterocycles. The first kappa shape index (κ1) is 30.9. The van der Waals surface area contributed by atoms with Crippen molar-refractivity contribution in [2.45, 2.75) is 24.2 Å². The minimum atomic E-state index is -1.78. The Morgan fingerprint density at radius 1 is 0.755 bits per heavy atom. The number of Topliss-reactive ketones (excluding diaryl/α,β-unsaturated/α-hetero) is 1. The predicted octanol–water partition coefficient (Wildman–Crippen LogP) is 4.10. The lowest BCUT2D eigenvalue weighted by molar-refractivity contribution is -0.135. The van der Waals surface area contributed by atoms with Gasteiger partial charge in [-0.05, 0) is 71.3 Å². The smallest absolute Gasteiger partial charge is 0.488 e. The molecule has 1 heterocycles. The number of benzene rings is 4. The van der Waals surface area contributed by atoms with Crippen LogP contribution in [0.1, 0.15) is 35.4 Å². The molecule has 8 nitrogen and oxygen atoms in total. The molecule has 2 amide bonds. The number of rotatable bonds is 5. The summed E-state index contributed by atoms with van der Waals surface area (Å²) in [5, 5.41) is 30.3. The zero-order valence-electron chi connectivity index (χ0n) is 26.3. The zero-order chi connectivity index (χ0) is 34.0. The van der Waals surface area contributed by atoms with Crippen molar-refractivity contribution >= 4 is 47.2 Å². The lowest BCUT2D eigenvalue weighted by Crippen LogP contribution is -2.58. The van der Waals surface area contributed by atoms with E-state index >= 15 is 4.79 Å². The molecule has 4 aliphatic rings. The minimum absolute atomic E-state index is 0.00743. The number of ketones is 2. The van der Waals surface area contributed by atoms with Crippen molar-refractivity contribution in [2.75, 3.05) is 4.90 Å². The van der Waals surface area contributed by atoms with Gasteiger partial charge in [-0.1, -0.05) is 96.6 Å². The second kappa shape index (κ2) is 11.6. The molecule has 1 aliphatic heterocycles. The summed E-state index contributed by atoms with van der Waals surface area (Å²) in [5.74, 6) is -4.92. The fourth-order valence-electron chi connectivity index (χ4n) is 9.03. The van der Waals surface area contributed by atoms with Crippen molar-refractivity contribution in [1.29, 1.82) is 0 Å². The SMILES string of the molecule is O=C1C(c2ccccc2)=CC(=O)[C@@]2(c3ccccc3)[C@@H](c3cccc(O)c3)C3=CC[C@@H]4C(=O)N(c5cccc(B(O)O)c5)C(=O)[C@@H]4[C@@H]3C[C@@H]12. The Labute approximate surface area is 283 Å². The summed E-state index contributed by atoms with van der Waals surface area (Å²) < 4.78 is 0. The number of hydrogen-bond donors (Lipinski definition) is 3. The second-order valence-electron chi connectivity index (χ2n) is 13.4. The number of amides is 2. The molecule has 3 N–H and O–H groups in total. The highest BCUT2D eigenvalue weighted by molar-refractivity contribution is 6.58. The number of fused-ring (bicyclic) bond motifs is 4. The fourth-order valence-corrected chi connectivity index (χ4v) is 9.03. The summed E-state index contributed by atoms with van der Waals surface area (Å²) >= 11 is 0. The Hall–Kier alpha value is -5.38. The van der Waals surface area contributed by atoms with E-state index in [2.05, 4.69) is 0 Å². The van der Waals surface area contributed by atoms with Crippen LogP contribution < -0.4 is 10.4 Å². The van der Waals surface area contributed by atoms with Gasteiger partial charge in [0.25, 0.3) is 0 Å². The maximum absolute atomic E-state index is 15.0. The van der Waals surface area contributed by atoms with Crippen LogP contribution in [0.15, 0.2) is 127 Å². The highest BCUT2D eigenvalue weighted by Gasteiger charge is 2.66. The summed E-state index contributed by atoms with van der Waals surface area (Å²) in [4.78, 5) is 59.5. The average Bonchev–Trinajstić information content (AvgIpc) is 3.38. The Balaban J connectivity index is 1.33. The van der Waals surface area contributed by atoms with Gasteiger partial charge in [0.2, 0.25) is 11.8 Å². The van der Waals surface area contributed by atoms with Crippen molar-refractivity contribution < 1.29 is 34.3 Å². The molecule has 0 unspecified atom stereocenters. The Morgan fingerprint density at radius 2 is 1.47 bits per heavy atom. The molecule has 0 radical (unpaired) electrons. The molecular weight excluding hydrogens is 617 g/mol. The zero-order valence-corrected chi connectivity index (χ0v) is 26.3. The van der Waals surface area contributed by atoms with Crippen LogP contribution in [0.3, 0.4) is 0 Å². The van der Waals surface area contributed by atoms with Gasteiger partial charge in [-0.2, -0.15) is 0 Å². The van der Waals surface area contributed by atoms with Crippen molar-refractivity contribution in [3.63, 3.8) is 0 Å². The van der Waals surface area contributed by atoms with Gasteiger partial charge < -0.3 is 15.2 Å². The summed E-state index contributed by atoms with van der Waals surface area (Å²) in [7, 11) is -1.78. The number of allylic oxidation sites excluding steroid dienone is 4. The minimum Gasteiger partial charge on any atom is -0.508 e. The Kier molecular flexibility index (Phi) is 7.35. The number of nitrogens with zero attached hydrogens (tertiary/aromatic N) is 1. The van der Waals surface area contributed by atoms with Crippen LogP contribution >= 0.6 is 0 Å². The number of anilines is 1. The van der Waals surface area contributed by atoms with E-state index in [4.69, 9.17) is 0 Å². The van der Waals surface area contributed by atoms with Crippen LogP contribution in [0.2, 0.25) is 0 Å². The largest absolute Gasteiger partial charge is 0.508 e. The summed E-state index contributed by atoms with van der Waals surface area (Å²) in [6.07, 6.45) is 3.85. The van der Waals surface area contributed by atoms with Gasteiger partial charge in [0.05, 0.1) is 22.9 Å². The van der Waals surface area contributed by atoms with Crippen molar-refractivity contribution in [3.05, 3.63) is 144 Å². The van der Waals surface area contributed by atoms with Gasteiger partial charge in [0.1, 0.15) is 5.75 Å². The molecule has 0 spiro atoms. The maximum atomic E-state index is 15.0. The molecule has 0 bridgehead atoms. The van der Waals surface area contributed by atoms with Crippen LogP contribution in [-0.2, 0) is 24.6 Å². The molecule has 49 heavy (non-hydrogen) atoms. The van der Waals surface area contributed by atoms with Crippen LogP contribution in [-0.4, -0.2) is 45.7 Å². The van der Waals surface area contributed by atoms with Crippen LogP contribution in [0.5, 0.6) is 5.75 Å². The number of carbonyl (C=O) groups is 4. The molecule has 3 aliphatic carbocycles. The first-order valence-electron chi connectivity index (χ1n) is 16.5. The number of phenolic OH excluding ortho intramolecular Hbond substituents is 1. The van der Waals surface area contributed by atoms with E-state index in [1.165, 1.54) is 18.2 Å². The van der Waals surface area contributed by atoms with Crippen LogP contribution in [0.4, 0.5) is 5.69 Å². The van der Waals surface area contributed by atoms with Gasteiger partial charge >= 0.3 is 7.12 Å². The van der Waals surface area contributed by atoms with Crippen LogP contribution in [0.25, 0.3) is 5.57 Å². The number of aromatic hydroxyl groups is 1. The topological polar surface area (TPSA) is 132 Å². The monoisotopic (exact) mass is 649 g/mol. The molecule has 242 valence electrons. The standard InChI is InChI=1S/C40H32BNO7/c43-28-16-7-11-24(19-28)36-29-17-18-30-35(39(47)42(38(30)46)27-15-8-14-26(20-27)41(48)49)32(29)21-33-37(45)31(23-9-3-1-4-10-23)22-34(44)40(33,36)25-12-5-2-6-13-25/h1-17,19-20,22,30,32-33,35-36,43,48-49H,18,21H2/t30-,32+,33-,35-,36-,40-/m0/s1. The summed E-state index contributed by atoms with van der Waals surface area (Å²) in [6, 6.07) is 31.2. The van der Waals surface area contributed by atoms with Crippen LogP contribution in [0, 0.1) is 23.7 Å². The molecule has 4 aromatic rings. The molecule has 9 heteroatoms. The van der Waals surface area contributed by atoms with E-state index in [0.29, 0.717) is 22.3 Å². The number of carbonyl (C=O) groups excluding carboxylic acids is 4. The number of imide groups is 1. The molecule has 1 saturated heterocycles. The van der Waals surface area contributed by atoms with Crippen molar-refractivity contribution in [2.24, 2.45) is 23.7 Å². The number of phenols is 1. The lowest BCUT2D eigenvalue weighted by Gasteiger charge is -2.55. The van der Waals surface area contributed by atoms with Gasteiger partial charge in [0, 0.05) is 17.4 Å². The molecule has 4 aromatic carbocycles. The number of hydrogen-bond acceptors (Lipinski definition) is 7. The van der Waals surface area contributed by atoms with Crippen molar-refractivity contribution in [3.8, 4) is 5.75 Å². The maximum Gasteiger partial charge on any atom is 0.488 e. The summed E-state index contributed by atoms with van der Waals surface area (Å²) in [5.41, 5.74) is 2.06. The molecule has 8 rings (SSSR count). The Morgan fingerprint density at radius 3 is 2.18 bits per heavy atom. The van der Waals surface area contributed by atoms with E-state index < -0.39 is 48.0 Å². The second-order valence-corrected chi connectivity index (χ2v) is 13.4. The van der Waals surface area contributed by atoms with E-state index in [-0.39, 0.29) is 47.2 Å². The highest BCUT2D eigenvalue weighted by Crippen LogP contribution is 2.63. The quantitative estimate of drug-likeness (QED) is 0.169. The third kappa shape index (κ3) is 4.60. The molecular formula is C40H32BNO7. The molecule has 6 atom stereocenters. The van der Waals surface area contributed by atoms with Crippen molar-refractivity contribution in [1.82, 2.24) is 0 Å². The first-order valence-corrected chi connectivity index (χ1v) is 16.5. The van der Waals surface area contributed by atoms with E-state index in [1.807, 2.05) is 60.7 Å². The highest BCUT2D eigenvalue weighted by atomic mass is 16.4. The fraction of sp³-hybridized carbons (Fsp3) is 0.200. The average molecular weight is 650 g/mol. The third-order valence-corrected chi connectivity index (χ3v) is 11.0. The first-order chi connectivity index (χ1) is 23.7. The third-order valence-electron chi connectivity index (χ3n) is 11.0. The predicted molar refractivity (Wildman–Crippen MR) is 183 cm³/mol. The molecule has 2 fully saturated rings. The Bertz CT molecular complexity index is 2090. The van der Waals surface area contributed by atoms with E-state index in [9.17, 15) is 29.5 Å². The van der Waals surface area contributed by atoms with Gasteiger partial charge in [-0.15, -0.1) is 0 Å². The van der Waals surface area contributed by atoms with Gasteiger partial charge in [-0.3, -0.25) is 24.1 Å². The molecule has 1 saturated carbocycles. The van der Waals surface area contributed by atoms with Gasteiger partial charge in [-0.25, -0.2) is 0 Å². The summed E-state index contributed by atoms with van der Waals surface area (Å²) in [6.45, 7) is 0. The van der Waals surface area contributed by atoms with Gasteiger partial charge in [0.15, 0.2) is 11.6 Å². The lowest BCUT2D eigenvalue weighted by atomic mass is 9.44. The normalized spacial score (nSPS) is 27.6. The van der Waals surface area contributed by atoms with E-state index in [0.717, 1.165) is 10.5 Å². The van der Waals surface area contributed by atoms with E-state index in [1.54, 1.807) is 42.5 Å².